The monoisotopic (exact) mass is 231 g/mol. The molecular formula is C13H17N3O. The maximum Gasteiger partial charge on any atom is 0.144 e. The zero-order chi connectivity index (χ0) is 12.3. The van der Waals surface area contributed by atoms with Crippen LogP contribution >= 0.6 is 0 Å². The van der Waals surface area contributed by atoms with Crippen LogP contribution in [-0.2, 0) is 0 Å². The van der Waals surface area contributed by atoms with Crippen molar-refractivity contribution in [3.05, 3.63) is 23.4 Å². The lowest BCUT2D eigenvalue weighted by Gasteiger charge is -2.16. The third-order valence-corrected chi connectivity index (χ3v) is 3.31. The first-order valence-electron chi connectivity index (χ1n) is 6.00. The van der Waals surface area contributed by atoms with Crippen molar-refractivity contribution < 1.29 is 5.11 Å². The standard InChI is InChI=1S/C13H17N3O/c1-9-5-6-10(7-14)13(16-9)15-8-11-3-2-4-12(11)17/h5-6,11-12,17H,2-4,8H2,1H3,(H,15,16). The van der Waals surface area contributed by atoms with Crippen LogP contribution in [0.15, 0.2) is 12.1 Å². The van der Waals surface area contributed by atoms with Crippen LogP contribution in [0.3, 0.4) is 0 Å². The number of pyridine rings is 1. The molecule has 1 aromatic heterocycles. The maximum atomic E-state index is 9.72. The van der Waals surface area contributed by atoms with Gasteiger partial charge in [-0.25, -0.2) is 4.98 Å². The van der Waals surface area contributed by atoms with Gasteiger partial charge in [-0.3, -0.25) is 0 Å². The molecule has 2 rings (SSSR count). The van der Waals surface area contributed by atoms with Crippen molar-refractivity contribution in [2.75, 3.05) is 11.9 Å². The van der Waals surface area contributed by atoms with Crippen molar-refractivity contribution in [1.82, 2.24) is 4.98 Å². The second-order valence-electron chi connectivity index (χ2n) is 4.60. The van der Waals surface area contributed by atoms with Gasteiger partial charge in [0.25, 0.3) is 0 Å². The lowest BCUT2D eigenvalue weighted by Crippen LogP contribution is -2.22. The van der Waals surface area contributed by atoms with Crippen molar-refractivity contribution in [1.29, 1.82) is 5.26 Å². The van der Waals surface area contributed by atoms with Gasteiger partial charge in [-0.1, -0.05) is 6.42 Å². The number of nitriles is 1. The van der Waals surface area contributed by atoms with Crippen molar-refractivity contribution in [2.45, 2.75) is 32.3 Å². The van der Waals surface area contributed by atoms with E-state index in [-0.39, 0.29) is 12.0 Å². The summed E-state index contributed by atoms with van der Waals surface area (Å²) in [6.45, 7) is 2.59. The van der Waals surface area contributed by atoms with Gasteiger partial charge in [0.1, 0.15) is 11.9 Å². The summed E-state index contributed by atoms with van der Waals surface area (Å²) in [5.41, 5.74) is 1.45. The SMILES string of the molecule is Cc1ccc(C#N)c(NCC2CCCC2O)n1. The molecule has 0 bridgehead atoms. The van der Waals surface area contributed by atoms with Crippen molar-refractivity contribution in [3.63, 3.8) is 0 Å². The second kappa shape index (κ2) is 5.15. The number of anilines is 1. The van der Waals surface area contributed by atoms with E-state index >= 15 is 0 Å². The molecule has 0 radical (unpaired) electrons. The fourth-order valence-electron chi connectivity index (χ4n) is 2.26. The van der Waals surface area contributed by atoms with E-state index < -0.39 is 0 Å². The summed E-state index contributed by atoms with van der Waals surface area (Å²) >= 11 is 0. The lowest BCUT2D eigenvalue weighted by atomic mass is 10.1. The Kier molecular flexibility index (Phi) is 3.60. The molecule has 1 aliphatic carbocycles. The first-order chi connectivity index (χ1) is 8.20. The quantitative estimate of drug-likeness (QED) is 0.832. The minimum atomic E-state index is -0.210. The highest BCUT2D eigenvalue weighted by Crippen LogP contribution is 2.26. The van der Waals surface area contributed by atoms with Crippen LogP contribution in [0.1, 0.15) is 30.5 Å². The molecule has 0 aromatic carbocycles. The molecule has 4 heteroatoms. The average molecular weight is 231 g/mol. The Morgan fingerprint density at radius 1 is 1.53 bits per heavy atom. The molecule has 2 N–H and O–H groups in total. The predicted molar refractivity (Wildman–Crippen MR) is 65.5 cm³/mol. The fraction of sp³-hybridized carbons (Fsp3) is 0.538. The summed E-state index contributed by atoms with van der Waals surface area (Å²) in [6, 6.07) is 5.72. The van der Waals surface area contributed by atoms with Crippen LogP contribution < -0.4 is 5.32 Å². The molecule has 90 valence electrons. The Labute approximate surface area is 101 Å². The van der Waals surface area contributed by atoms with E-state index in [9.17, 15) is 5.11 Å². The number of aromatic nitrogens is 1. The van der Waals surface area contributed by atoms with Crippen LogP contribution in [-0.4, -0.2) is 22.7 Å². The first kappa shape index (κ1) is 11.9. The van der Waals surface area contributed by atoms with E-state index in [1.165, 1.54) is 0 Å². The minimum Gasteiger partial charge on any atom is -0.393 e. The number of aliphatic hydroxyl groups is 1. The molecule has 17 heavy (non-hydrogen) atoms. The molecule has 1 aliphatic rings. The molecule has 0 aliphatic heterocycles. The van der Waals surface area contributed by atoms with Gasteiger partial charge in [0.2, 0.25) is 0 Å². The van der Waals surface area contributed by atoms with E-state index in [0.717, 1.165) is 25.0 Å². The molecule has 1 fully saturated rings. The van der Waals surface area contributed by atoms with Crippen molar-refractivity contribution >= 4 is 5.82 Å². The molecule has 1 saturated carbocycles. The molecule has 4 nitrogen and oxygen atoms in total. The Bertz CT molecular complexity index is 439. The highest BCUT2D eigenvalue weighted by Gasteiger charge is 2.25. The van der Waals surface area contributed by atoms with E-state index in [0.29, 0.717) is 17.9 Å². The van der Waals surface area contributed by atoms with E-state index in [1.54, 1.807) is 6.07 Å². The number of rotatable bonds is 3. The second-order valence-corrected chi connectivity index (χ2v) is 4.60. The number of nitrogens with one attached hydrogen (secondary N) is 1. The summed E-state index contributed by atoms with van der Waals surface area (Å²) in [4.78, 5) is 4.31. The van der Waals surface area contributed by atoms with E-state index in [2.05, 4.69) is 16.4 Å². The van der Waals surface area contributed by atoms with Gasteiger partial charge in [-0.2, -0.15) is 5.26 Å². The maximum absolute atomic E-state index is 9.72. The summed E-state index contributed by atoms with van der Waals surface area (Å²) < 4.78 is 0. The largest absolute Gasteiger partial charge is 0.393 e. The van der Waals surface area contributed by atoms with Crippen LogP contribution in [0.5, 0.6) is 0 Å². The van der Waals surface area contributed by atoms with Gasteiger partial charge >= 0.3 is 0 Å². The highest BCUT2D eigenvalue weighted by atomic mass is 16.3. The van der Waals surface area contributed by atoms with E-state index in [1.807, 2.05) is 13.0 Å². The molecule has 0 spiro atoms. The van der Waals surface area contributed by atoms with Crippen LogP contribution in [0.4, 0.5) is 5.82 Å². The zero-order valence-corrected chi connectivity index (χ0v) is 9.98. The van der Waals surface area contributed by atoms with Crippen LogP contribution in [0.2, 0.25) is 0 Å². The average Bonchev–Trinajstić information content (AvgIpc) is 2.72. The molecule has 0 saturated heterocycles. The van der Waals surface area contributed by atoms with Gasteiger partial charge in [-0.05, 0) is 31.9 Å². The molecule has 2 atom stereocenters. The minimum absolute atomic E-state index is 0.210. The normalized spacial score (nSPS) is 23.4. The molecule has 1 heterocycles. The van der Waals surface area contributed by atoms with Gasteiger partial charge in [0.15, 0.2) is 0 Å². The van der Waals surface area contributed by atoms with E-state index in [4.69, 9.17) is 5.26 Å². The fourth-order valence-corrected chi connectivity index (χ4v) is 2.26. The van der Waals surface area contributed by atoms with Gasteiger partial charge in [-0.15, -0.1) is 0 Å². The number of hydrogen-bond donors (Lipinski definition) is 2. The van der Waals surface area contributed by atoms with Gasteiger partial charge < -0.3 is 10.4 Å². The zero-order valence-electron chi connectivity index (χ0n) is 9.98. The third kappa shape index (κ3) is 2.75. The summed E-state index contributed by atoms with van der Waals surface area (Å²) in [5, 5.41) is 21.9. The number of aryl methyl sites for hydroxylation is 1. The Morgan fingerprint density at radius 3 is 3.00 bits per heavy atom. The van der Waals surface area contributed by atoms with Crippen molar-refractivity contribution in [2.24, 2.45) is 5.92 Å². The summed E-state index contributed by atoms with van der Waals surface area (Å²) in [7, 11) is 0. The Morgan fingerprint density at radius 2 is 2.35 bits per heavy atom. The lowest BCUT2D eigenvalue weighted by molar-refractivity contribution is 0.138. The summed E-state index contributed by atoms with van der Waals surface area (Å²) in [5.74, 6) is 0.912. The predicted octanol–water partition coefficient (Wildman–Crippen LogP) is 1.83. The third-order valence-electron chi connectivity index (χ3n) is 3.31. The van der Waals surface area contributed by atoms with Gasteiger partial charge in [0, 0.05) is 18.2 Å². The Hall–Kier alpha value is -1.60. The van der Waals surface area contributed by atoms with Crippen LogP contribution in [0.25, 0.3) is 0 Å². The Balaban J connectivity index is 2.03. The number of nitrogens with zero attached hydrogens (tertiary/aromatic N) is 2. The molecule has 2 unspecified atom stereocenters. The number of aliphatic hydroxyl groups excluding tert-OH is 1. The smallest absolute Gasteiger partial charge is 0.144 e. The first-order valence-corrected chi connectivity index (χ1v) is 6.00. The molecule has 1 aromatic rings. The summed E-state index contributed by atoms with van der Waals surface area (Å²) in [6.07, 6.45) is 2.80. The molecular weight excluding hydrogens is 214 g/mol. The van der Waals surface area contributed by atoms with Crippen LogP contribution in [0, 0.1) is 24.2 Å². The van der Waals surface area contributed by atoms with Gasteiger partial charge in [0.05, 0.1) is 11.7 Å². The number of hydrogen-bond acceptors (Lipinski definition) is 4. The molecule has 0 amide bonds. The highest BCUT2D eigenvalue weighted by molar-refractivity contribution is 5.52. The topological polar surface area (TPSA) is 68.9 Å². The van der Waals surface area contributed by atoms with Crippen molar-refractivity contribution in [3.8, 4) is 6.07 Å².